The third kappa shape index (κ3) is 5.06. The minimum absolute atomic E-state index is 0. The van der Waals surface area contributed by atoms with Crippen LogP contribution in [0.25, 0.3) is 0 Å². The number of aliphatic imine (C=N–C) groups is 1. The second-order valence-corrected chi connectivity index (χ2v) is 3.36. The van der Waals surface area contributed by atoms with Gasteiger partial charge >= 0.3 is 0 Å². The third-order valence-corrected chi connectivity index (χ3v) is 1.99. The molecule has 1 aromatic rings. The Morgan fingerprint density at radius 3 is 2.80 bits per heavy atom. The maximum absolute atomic E-state index is 5.74. The predicted molar refractivity (Wildman–Crippen MR) is 58.8 cm³/mol. The predicted octanol–water partition coefficient (Wildman–Crippen LogP) is 2.11. The summed E-state index contributed by atoms with van der Waals surface area (Å²) in [6.45, 7) is 10.3. The van der Waals surface area contributed by atoms with Crippen molar-refractivity contribution >= 4 is 35.9 Å². The molecule has 0 saturated carbocycles. The smallest absolute Gasteiger partial charge is 0.190 e. The molecule has 77 valence electrons. The molecule has 0 fully saturated rings. The molecular weight excluding hydrogens is 309 g/mol. The van der Waals surface area contributed by atoms with Crippen molar-refractivity contribution in [3.05, 3.63) is 23.6 Å². The van der Waals surface area contributed by atoms with Crippen LogP contribution in [0.1, 0.15) is 0 Å². The second-order valence-electron chi connectivity index (χ2n) is 2.20. The zero-order valence-corrected chi connectivity index (χ0v) is 12.3. The molecule has 0 spiro atoms. The summed E-state index contributed by atoms with van der Waals surface area (Å²) in [5.41, 5.74) is 0. The molecule has 0 aliphatic rings. The van der Waals surface area contributed by atoms with Gasteiger partial charge in [-0.2, -0.15) is 6.72 Å². The van der Waals surface area contributed by atoms with Gasteiger partial charge in [-0.1, -0.05) is 23.4 Å². The summed E-state index contributed by atoms with van der Waals surface area (Å²) < 4.78 is 0. The van der Waals surface area contributed by atoms with E-state index in [2.05, 4.69) is 20.3 Å². The number of aromatic nitrogens is 2. The summed E-state index contributed by atoms with van der Waals surface area (Å²) in [7, 11) is 0. The number of nitrogens with zero attached hydrogens (tertiary/aromatic N) is 3. The van der Waals surface area contributed by atoms with E-state index < -0.39 is 0 Å². The molecule has 15 heavy (non-hydrogen) atoms. The SMILES string of the molecule is [CH-]=NC(=[CH-])Nc1cc(Cl)nc(SC)n1.[Y]. The van der Waals surface area contributed by atoms with Crippen LogP contribution >= 0.6 is 23.4 Å². The Bertz CT molecular complexity index is 372. The van der Waals surface area contributed by atoms with E-state index in [1.54, 1.807) is 0 Å². The number of nitrogens with one attached hydrogen (secondary N) is 1. The van der Waals surface area contributed by atoms with Gasteiger partial charge in [-0.25, -0.2) is 15.8 Å². The molecule has 0 aliphatic heterocycles. The summed E-state index contributed by atoms with van der Waals surface area (Å²) >= 11 is 7.11. The van der Waals surface area contributed by atoms with Crippen LogP contribution < -0.4 is 5.32 Å². The van der Waals surface area contributed by atoms with Crippen molar-refractivity contribution in [2.24, 2.45) is 4.99 Å². The molecule has 4 nitrogen and oxygen atoms in total. The van der Waals surface area contributed by atoms with E-state index in [0.717, 1.165) is 0 Å². The van der Waals surface area contributed by atoms with Crippen LogP contribution in [-0.4, -0.2) is 22.9 Å². The van der Waals surface area contributed by atoms with Gasteiger partial charge in [0.1, 0.15) is 11.0 Å². The summed E-state index contributed by atoms with van der Waals surface area (Å²) in [5, 5.41) is 3.54. The molecule has 0 aliphatic carbocycles. The summed E-state index contributed by atoms with van der Waals surface area (Å²) in [4.78, 5) is 11.3. The number of rotatable bonds is 4. The Kier molecular flexibility index (Phi) is 7.35. The minimum Gasteiger partial charge on any atom is -0.577 e. The Labute approximate surface area is 123 Å². The molecule has 1 rings (SSSR count). The van der Waals surface area contributed by atoms with Crippen molar-refractivity contribution < 1.29 is 32.7 Å². The number of hydrogen-bond acceptors (Lipinski definition) is 5. The molecule has 0 atom stereocenters. The third-order valence-electron chi connectivity index (χ3n) is 1.25. The van der Waals surface area contributed by atoms with E-state index in [4.69, 9.17) is 24.9 Å². The van der Waals surface area contributed by atoms with Crippen LogP contribution in [0, 0.1) is 6.58 Å². The van der Waals surface area contributed by atoms with Gasteiger partial charge in [-0.15, -0.1) is 0 Å². The average molecular weight is 316 g/mol. The van der Waals surface area contributed by atoms with Gasteiger partial charge in [0.2, 0.25) is 0 Å². The van der Waals surface area contributed by atoms with E-state index in [0.29, 0.717) is 16.1 Å². The normalized spacial score (nSPS) is 8.93. The molecule has 0 bridgehead atoms. The molecule has 1 heterocycles. The van der Waals surface area contributed by atoms with Gasteiger partial charge in [-0.05, 0) is 6.26 Å². The van der Waals surface area contributed by atoms with Crippen molar-refractivity contribution in [3.63, 3.8) is 0 Å². The van der Waals surface area contributed by atoms with E-state index >= 15 is 0 Å². The fourth-order valence-corrected chi connectivity index (χ4v) is 1.33. The Balaban J connectivity index is 0.00000196. The monoisotopic (exact) mass is 315 g/mol. The molecule has 0 saturated heterocycles. The van der Waals surface area contributed by atoms with Crippen LogP contribution in [0.4, 0.5) is 5.82 Å². The Hall–Kier alpha value is 0.0339. The van der Waals surface area contributed by atoms with Crippen molar-refractivity contribution in [1.82, 2.24) is 9.97 Å². The standard InChI is InChI=1S/C8H7ClN4S.Y/c1-5(10-2)11-7-4-6(9)12-8(13-7)14-3;/h1-2,4H,3H3,(H,11,12,13);/q-2;. The molecule has 0 amide bonds. The van der Waals surface area contributed by atoms with Gasteiger partial charge in [0.15, 0.2) is 5.16 Å². The fraction of sp³-hybridized carbons (Fsp3) is 0.125. The molecule has 1 N–H and O–H groups in total. The topological polar surface area (TPSA) is 50.2 Å². The van der Waals surface area contributed by atoms with E-state index in [1.165, 1.54) is 17.8 Å². The molecule has 0 unspecified atom stereocenters. The number of halogens is 1. The first-order valence-electron chi connectivity index (χ1n) is 3.54. The summed E-state index contributed by atoms with van der Waals surface area (Å²) in [6, 6.07) is 1.53. The van der Waals surface area contributed by atoms with Crippen LogP contribution in [0.2, 0.25) is 5.15 Å². The van der Waals surface area contributed by atoms with Gasteiger partial charge in [-0.3, -0.25) is 0 Å². The largest absolute Gasteiger partial charge is 0.577 e. The van der Waals surface area contributed by atoms with Gasteiger partial charge in [0, 0.05) is 38.8 Å². The van der Waals surface area contributed by atoms with Crippen molar-refractivity contribution in [1.29, 1.82) is 0 Å². The van der Waals surface area contributed by atoms with Crippen molar-refractivity contribution in [2.75, 3.05) is 11.6 Å². The van der Waals surface area contributed by atoms with Crippen LogP contribution in [0.3, 0.4) is 0 Å². The van der Waals surface area contributed by atoms with E-state index in [1.807, 2.05) is 6.26 Å². The van der Waals surface area contributed by atoms with Crippen LogP contribution in [0.5, 0.6) is 0 Å². The number of anilines is 1. The van der Waals surface area contributed by atoms with Gasteiger partial charge < -0.3 is 16.9 Å². The maximum atomic E-state index is 5.74. The molecule has 1 radical (unpaired) electrons. The number of thioether (sulfide) groups is 1. The van der Waals surface area contributed by atoms with Gasteiger partial charge in [0.05, 0.1) is 0 Å². The Morgan fingerprint density at radius 2 is 2.27 bits per heavy atom. The van der Waals surface area contributed by atoms with E-state index in [-0.39, 0.29) is 38.5 Å². The van der Waals surface area contributed by atoms with Crippen LogP contribution in [0.15, 0.2) is 22.0 Å². The first kappa shape index (κ1) is 15.0. The Morgan fingerprint density at radius 1 is 1.60 bits per heavy atom. The summed E-state index contributed by atoms with van der Waals surface area (Å²) in [5.74, 6) is 0.521. The average Bonchev–Trinajstić information content (AvgIpc) is 2.16. The second kappa shape index (κ2) is 7.33. The first-order valence-corrected chi connectivity index (χ1v) is 5.15. The van der Waals surface area contributed by atoms with E-state index in [9.17, 15) is 0 Å². The fourth-order valence-electron chi connectivity index (χ4n) is 0.716. The molecule has 0 aromatic carbocycles. The summed E-state index contributed by atoms with van der Waals surface area (Å²) in [6.07, 6.45) is 1.84. The molecule has 7 heteroatoms. The van der Waals surface area contributed by atoms with Gasteiger partial charge in [0.25, 0.3) is 0 Å². The molecular formula is C8H7ClN4SY-2. The minimum atomic E-state index is 0. The zero-order valence-electron chi connectivity index (χ0n) is 7.94. The first-order chi connectivity index (χ1) is 6.65. The molecule has 1 aromatic heterocycles. The number of hydrogen-bond donors (Lipinski definition) is 1. The zero-order chi connectivity index (χ0) is 10.6. The van der Waals surface area contributed by atoms with Crippen LogP contribution in [-0.2, 0) is 32.7 Å². The quantitative estimate of drug-likeness (QED) is 0.304. The van der Waals surface area contributed by atoms with Crippen molar-refractivity contribution in [2.45, 2.75) is 5.16 Å². The van der Waals surface area contributed by atoms with Crippen molar-refractivity contribution in [3.8, 4) is 0 Å². The maximum Gasteiger partial charge on any atom is 0.190 e.